The van der Waals surface area contributed by atoms with Gasteiger partial charge in [0.05, 0.1) is 23.0 Å². The maximum atomic E-state index is 14.0. The molecule has 0 spiro atoms. The summed E-state index contributed by atoms with van der Waals surface area (Å²) in [6.07, 6.45) is 5.58. The average Bonchev–Trinajstić information content (AvgIpc) is 3.45. The van der Waals surface area contributed by atoms with Crippen LogP contribution in [0.3, 0.4) is 0 Å². The molecule has 9 nitrogen and oxygen atoms in total. The van der Waals surface area contributed by atoms with Gasteiger partial charge in [0.15, 0.2) is 11.6 Å². The van der Waals surface area contributed by atoms with Gasteiger partial charge >= 0.3 is 0 Å². The fourth-order valence-corrected chi connectivity index (χ4v) is 5.37. The molecular formula is C23H26FN7O2. The third kappa shape index (κ3) is 3.55. The van der Waals surface area contributed by atoms with Gasteiger partial charge in [0.1, 0.15) is 0 Å². The number of aromatic nitrogens is 3. The smallest absolute Gasteiger partial charge is 0.252 e. The van der Waals surface area contributed by atoms with Crippen molar-refractivity contribution in [1.29, 1.82) is 0 Å². The van der Waals surface area contributed by atoms with Crippen LogP contribution in [0.15, 0.2) is 30.7 Å². The van der Waals surface area contributed by atoms with Crippen molar-refractivity contribution in [3.05, 3.63) is 42.1 Å². The minimum absolute atomic E-state index is 0.113. The molecule has 2 aliphatic rings. The van der Waals surface area contributed by atoms with Crippen LogP contribution < -0.4 is 16.8 Å². The van der Waals surface area contributed by atoms with Crippen LogP contribution in [0.5, 0.6) is 0 Å². The number of primary amides is 1. The van der Waals surface area contributed by atoms with Gasteiger partial charge in [-0.3, -0.25) is 9.59 Å². The lowest BCUT2D eigenvalue weighted by Gasteiger charge is -2.25. The molecule has 0 radical (unpaired) electrons. The Bertz CT molecular complexity index is 1270. The number of carbonyl (C=O) groups is 2. The van der Waals surface area contributed by atoms with E-state index in [1.54, 1.807) is 17.6 Å². The lowest BCUT2D eigenvalue weighted by Crippen LogP contribution is -2.33. The second-order valence-electron chi connectivity index (χ2n) is 9.14. The van der Waals surface area contributed by atoms with Crippen LogP contribution in [0, 0.1) is 23.6 Å². The van der Waals surface area contributed by atoms with Gasteiger partial charge < -0.3 is 21.7 Å². The maximum absolute atomic E-state index is 14.0. The molecule has 5 N–H and O–H groups in total. The van der Waals surface area contributed by atoms with E-state index < -0.39 is 11.7 Å². The third-order valence-electron chi connectivity index (χ3n) is 7.24. The Morgan fingerprint density at radius 2 is 2.00 bits per heavy atom. The number of halogens is 1. The number of nitrogens with one attached hydrogen (secondary N) is 1. The van der Waals surface area contributed by atoms with Crippen molar-refractivity contribution in [2.24, 2.45) is 23.5 Å². The molecule has 0 unspecified atom stereocenters. The van der Waals surface area contributed by atoms with Gasteiger partial charge in [-0.15, -0.1) is 0 Å². The predicted molar refractivity (Wildman–Crippen MR) is 122 cm³/mol. The average molecular weight is 452 g/mol. The molecule has 2 fully saturated rings. The highest BCUT2D eigenvalue weighted by Crippen LogP contribution is 2.44. The second kappa shape index (κ2) is 7.72. The normalized spacial score (nSPS) is 24.3. The van der Waals surface area contributed by atoms with Crippen molar-refractivity contribution in [3.8, 4) is 11.1 Å². The molecule has 4 atom stereocenters. The summed E-state index contributed by atoms with van der Waals surface area (Å²) in [5, 5.41) is 7.89. The van der Waals surface area contributed by atoms with Crippen molar-refractivity contribution in [2.75, 3.05) is 24.1 Å². The quantitative estimate of drug-likeness (QED) is 0.557. The minimum Gasteiger partial charge on any atom is -0.381 e. The van der Waals surface area contributed by atoms with Gasteiger partial charge in [0.2, 0.25) is 5.91 Å². The van der Waals surface area contributed by atoms with Gasteiger partial charge in [-0.2, -0.15) is 5.10 Å². The van der Waals surface area contributed by atoms with E-state index in [0.717, 1.165) is 19.5 Å². The van der Waals surface area contributed by atoms with Crippen LogP contribution in [-0.4, -0.2) is 50.4 Å². The second-order valence-corrected chi connectivity index (χ2v) is 9.14. The Labute approximate surface area is 189 Å². The van der Waals surface area contributed by atoms with Crippen LogP contribution in [0.4, 0.5) is 15.9 Å². The van der Waals surface area contributed by atoms with Gasteiger partial charge in [-0.1, -0.05) is 6.92 Å². The Morgan fingerprint density at radius 1 is 1.21 bits per heavy atom. The lowest BCUT2D eigenvalue weighted by atomic mass is 9.93. The molecule has 2 amide bonds. The molecule has 1 aliphatic carbocycles. The number of hydrogen-bond acceptors (Lipinski definition) is 6. The number of pyridine rings is 1. The van der Waals surface area contributed by atoms with E-state index in [4.69, 9.17) is 11.5 Å². The molecule has 172 valence electrons. The number of rotatable bonds is 4. The van der Waals surface area contributed by atoms with Crippen molar-refractivity contribution in [3.63, 3.8) is 0 Å². The number of carbonyl (C=O) groups excluding carboxylic acids is 2. The molecule has 3 aromatic heterocycles. The molecule has 0 aromatic carbocycles. The summed E-state index contributed by atoms with van der Waals surface area (Å²) in [6.45, 7) is 5.32. The summed E-state index contributed by atoms with van der Waals surface area (Å²) < 4.78 is 15.6. The van der Waals surface area contributed by atoms with E-state index in [0.29, 0.717) is 45.6 Å². The number of nitrogens with zero attached hydrogens (tertiary/aromatic N) is 4. The summed E-state index contributed by atoms with van der Waals surface area (Å²) in [6, 6.07) is 3.26. The molecule has 33 heavy (non-hydrogen) atoms. The summed E-state index contributed by atoms with van der Waals surface area (Å²) >= 11 is 0. The van der Waals surface area contributed by atoms with Gasteiger partial charge in [0, 0.05) is 49.6 Å². The van der Waals surface area contributed by atoms with E-state index in [2.05, 4.69) is 22.3 Å². The molecular weight excluding hydrogens is 425 g/mol. The lowest BCUT2D eigenvalue weighted by molar-refractivity contribution is -0.128. The largest absolute Gasteiger partial charge is 0.381 e. The van der Waals surface area contributed by atoms with Crippen LogP contribution in [0.1, 0.15) is 30.6 Å². The molecule has 0 bridgehead atoms. The molecule has 1 aliphatic heterocycles. The first kappa shape index (κ1) is 21.2. The molecule has 10 heteroatoms. The number of fused-ring (bicyclic) bond motifs is 2. The first-order chi connectivity index (χ1) is 15.7. The molecule has 1 saturated carbocycles. The fourth-order valence-electron chi connectivity index (χ4n) is 5.37. The fraction of sp³-hybridized carbons (Fsp3) is 0.391. The van der Waals surface area contributed by atoms with Gasteiger partial charge in [0.25, 0.3) is 5.91 Å². The number of amides is 2. The first-order valence-corrected chi connectivity index (χ1v) is 11.0. The number of nitrogens with two attached hydrogens (primary N) is 2. The Hall–Kier alpha value is -3.69. The minimum atomic E-state index is -0.599. The van der Waals surface area contributed by atoms with Crippen molar-refractivity contribution >= 4 is 28.8 Å². The van der Waals surface area contributed by atoms with Gasteiger partial charge in [-0.05, 0) is 36.3 Å². The van der Waals surface area contributed by atoms with Crippen LogP contribution >= 0.6 is 0 Å². The van der Waals surface area contributed by atoms with E-state index >= 15 is 0 Å². The zero-order valence-corrected chi connectivity index (χ0v) is 18.5. The van der Waals surface area contributed by atoms with E-state index in [1.807, 2.05) is 11.0 Å². The van der Waals surface area contributed by atoms with E-state index in [9.17, 15) is 14.0 Å². The molecule has 4 heterocycles. The highest BCUT2D eigenvalue weighted by Gasteiger charge is 2.46. The Balaban J connectivity index is 1.50. The van der Waals surface area contributed by atoms with Crippen molar-refractivity contribution < 1.29 is 14.0 Å². The highest BCUT2D eigenvalue weighted by molar-refractivity contribution is 6.02. The summed E-state index contributed by atoms with van der Waals surface area (Å²) in [4.78, 5) is 29.8. The van der Waals surface area contributed by atoms with Crippen LogP contribution in [-0.2, 0) is 4.79 Å². The predicted octanol–water partition coefficient (Wildman–Crippen LogP) is 2.13. The van der Waals surface area contributed by atoms with Crippen LogP contribution in [0.2, 0.25) is 0 Å². The topological polar surface area (TPSA) is 132 Å². The molecule has 5 rings (SSSR count). The summed E-state index contributed by atoms with van der Waals surface area (Å²) in [5.74, 6) is -0.0970. The zero-order chi connectivity index (χ0) is 23.4. The Morgan fingerprint density at radius 3 is 2.67 bits per heavy atom. The number of anilines is 2. The highest BCUT2D eigenvalue weighted by atomic mass is 19.1. The SMILES string of the molecule is CC(=O)N1C[C@H]2C[C@@H](Nc3c(C(N)=O)cnn4cc(-c5cnc(N)c(F)c5)cc34)[C@H](C)[C@H]2C1. The third-order valence-corrected chi connectivity index (χ3v) is 7.24. The summed E-state index contributed by atoms with van der Waals surface area (Å²) in [5.41, 5.74) is 14.0. The van der Waals surface area contributed by atoms with Crippen molar-refractivity contribution in [2.45, 2.75) is 26.3 Å². The molecule has 1 saturated heterocycles. The first-order valence-electron chi connectivity index (χ1n) is 11.0. The van der Waals surface area contributed by atoms with Crippen molar-refractivity contribution in [1.82, 2.24) is 19.5 Å². The molecule has 3 aromatic rings. The zero-order valence-electron chi connectivity index (χ0n) is 18.5. The van der Waals surface area contributed by atoms with Crippen LogP contribution in [0.25, 0.3) is 16.6 Å². The van der Waals surface area contributed by atoms with Gasteiger partial charge in [-0.25, -0.2) is 13.9 Å². The van der Waals surface area contributed by atoms with E-state index in [1.165, 1.54) is 18.5 Å². The van der Waals surface area contributed by atoms with E-state index in [-0.39, 0.29) is 17.8 Å². The number of likely N-dealkylation sites (tertiary alicyclic amines) is 1. The number of nitrogen functional groups attached to an aromatic ring is 1. The number of hydrogen-bond donors (Lipinski definition) is 3. The summed E-state index contributed by atoms with van der Waals surface area (Å²) in [7, 11) is 0. The maximum Gasteiger partial charge on any atom is 0.252 e. The Kier molecular flexibility index (Phi) is 4.95. The monoisotopic (exact) mass is 451 g/mol. The standard InChI is InChI=1S/C23H26FN7O2/c1-11-17-10-30(12(2)32)8-15(17)4-19(11)29-21-16(23(26)33)7-28-31-9-14(5-20(21)31)13-3-18(24)22(25)27-6-13/h3,5-7,9,11,15,17,19,29H,4,8,10H2,1-2H3,(H2,25,27)(H2,26,33)/t11-,15-,17-,19-/m1/s1.